The van der Waals surface area contributed by atoms with E-state index < -0.39 is 21.8 Å². The molecule has 122 valence electrons. The summed E-state index contributed by atoms with van der Waals surface area (Å²) < 4.78 is -0.397. The first-order chi connectivity index (χ1) is 10.7. The smallest absolute Gasteiger partial charge is 0.269 e. The van der Waals surface area contributed by atoms with E-state index in [0.29, 0.717) is 5.56 Å². The van der Waals surface area contributed by atoms with Gasteiger partial charge in [-0.2, -0.15) is 0 Å². The molecule has 2 aliphatic rings. The minimum Gasteiger partial charge on any atom is -0.317 e. The molecule has 0 bridgehead atoms. The number of thioether (sulfide) groups is 1. The van der Waals surface area contributed by atoms with Crippen LogP contribution in [0.2, 0.25) is 0 Å². The zero-order valence-electron chi connectivity index (χ0n) is 12.8. The number of nitrogens with zero attached hydrogens (tertiary/aromatic N) is 2. The van der Waals surface area contributed by atoms with Crippen molar-refractivity contribution in [3.8, 4) is 0 Å². The van der Waals surface area contributed by atoms with E-state index in [1.807, 2.05) is 13.8 Å². The van der Waals surface area contributed by atoms with Gasteiger partial charge in [0.25, 0.3) is 5.69 Å². The van der Waals surface area contributed by atoms with Crippen molar-refractivity contribution in [3.63, 3.8) is 0 Å². The first-order valence-corrected chi connectivity index (χ1v) is 8.12. The fourth-order valence-corrected chi connectivity index (χ4v) is 4.80. The molecule has 2 aliphatic heterocycles. The summed E-state index contributed by atoms with van der Waals surface area (Å²) in [6.07, 6.45) is 0.137. The van der Waals surface area contributed by atoms with Crippen molar-refractivity contribution in [1.82, 2.24) is 4.90 Å². The molecule has 2 N–H and O–H groups in total. The third-order valence-corrected chi connectivity index (χ3v) is 5.91. The number of ketones is 1. The number of hydrogen-bond acceptors (Lipinski definition) is 6. The molecule has 3 unspecified atom stereocenters. The highest BCUT2D eigenvalue weighted by Crippen LogP contribution is 2.50. The summed E-state index contributed by atoms with van der Waals surface area (Å²) in [7, 11) is 0. The van der Waals surface area contributed by atoms with Crippen LogP contribution >= 0.6 is 11.8 Å². The molecular formula is C15H17N3O4S. The van der Waals surface area contributed by atoms with Crippen LogP contribution in [0.3, 0.4) is 0 Å². The maximum atomic E-state index is 12.7. The molecule has 0 radical (unpaired) electrons. The second-order valence-electron chi connectivity index (χ2n) is 6.35. The van der Waals surface area contributed by atoms with E-state index in [4.69, 9.17) is 5.73 Å². The molecule has 0 aliphatic carbocycles. The third-order valence-electron chi connectivity index (χ3n) is 4.31. The normalized spacial score (nSPS) is 28.2. The summed E-state index contributed by atoms with van der Waals surface area (Å²) in [5.41, 5.74) is 6.49. The van der Waals surface area contributed by atoms with Gasteiger partial charge in [-0.25, -0.2) is 0 Å². The number of β-lactam (4-membered cyclic amide) rings is 1. The van der Waals surface area contributed by atoms with Crippen LogP contribution in [-0.4, -0.2) is 43.7 Å². The number of carbonyl (C=O) groups is 2. The lowest BCUT2D eigenvalue weighted by molar-refractivity contribution is -0.384. The summed E-state index contributed by atoms with van der Waals surface area (Å²) in [5.74, 6) is -0.255. The molecule has 1 amide bonds. The summed E-state index contributed by atoms with van der Waals surface area (Å²) in [6, 6.07) is 4.87. The molecule has 1 aromatic carbocycles. The number of Topliss-reactive ketones (excluding diaryl/α,β-unsaturated/α-hetero) is 1. The number of rotatable bonds is 4. The Morgan fingerprint density at radius 2 is 2.00 bits per heavy atom. The lowest BCUT2D eigenvalue weighted by Gasteiger charge is -2.42. The summed E-state index contributed by atoms with van der Waals surface area (Å²) in [6.45, 7) is 3.88. The number of non-ortho nitro benzene ring substituents is 1. The van der Waals surface area contributed by atoms with Gasteiger partial charge in [-0.15, -0.1) is 11.8 Å². The van der Waals surface area contributed by atoms with Crippen LogP contribution in [0.15, 0.2) is 24.3 Å². The molecule has 2 fully saturated rings. The number of nitro benzene ring substituents is 1. The molecule has 23 heavy (non-hydrogen) atoms. The Balaban J connectivity index is 1.77. The van der Waals surface area contributed by atoms with E-state index in [1.54, 1.807) is 28.8 Å². The first-order valence-electron chi connectivity index (χ1n) is 7.24. The predicted octanol–water partition coefficient (Wildman–Crippen LogP) is 1.10. The molecule has 0 saturated carbocycles. The molecule has 7 nitrogen and oxygen atoms in total. The standard InChI is InChI=1S/C15H17N3O4S/c1-15(2)12(17-13(20)11(16)14(17)23-15)10(19)7-8-3-5-9(6-4-8)18(21)22/h3-6,11-12,14H,7,16H2,1-2H3. The largest absolute Gasteiger partial charge is 0.317 e. The van der Waals surface area contributed by atoms with Crippen LogP contribution in [0.4, 0.5) is 5.69 Å². The number of amides is 1. The summed E-state index contributed by atoms with van der Waals surface area (Å²) in [5, 5.41) is 10.5. The van der Waals surface area contributed by atoms with Gasteiger partial charge in [0.15, 0.2) is 5.78 Å². The van der Waals surface area contributed by atoms with Crippen molar-refractivity contribution in [2.24, 2.45) is 5.73 Å². The molecule has 8 heteroatoms. The Bertz CT molecular complexity index is 688. The van der Waals surface area contributed by atoms with Crippen molar-refractivity contribution in [2.45, 2.75) is 42.5 Å². The fraction of sp³-hybridized carbons (Fsp3) is 0.467. The van der Waals surface area contributed by atoms with Crippen LogP contribution in [-0.2, 0) is 16.0 Å². The molecule has 2 saturated heterocycles. The van der Waals surface area contributed by atoms with Gasteiger partial charge in [-0.1, -0.05) is 12.1 Å². The number of hydrogen-bond donors (Lipinski definition) is 1. The van der Waals surface area contributed by atoms with Crippen LogP contribution in [0.1, 0.15) is 19.4 Å². The number of fused-ring (bicyclic) bond motifs is 1. The van der Waals surface area contributed by atoms with E-state index in [-0.39, 0.29) is 29.2 Å². The van der Waals surface area contributed by atoms with Gasteiger partial charge in [0.05, 0.1) is 4.92 Å². The Morgan fingerprint density at radius 3 is 2.57 bits per heavy atom. The molecule has 0 aromatic heterocycles. The van der Waals surface area contributed by atoms with E-state index in [0.717, 1.165) is 0 Å². The van der Waals surface area contributed by atoms with Gasteiger partial charge < -0.3 is 10.6 Å². The van der Waals surface area contributed by atoms with E-state index >= 15 is 0 Å². The lowest BCUT2D eigenvalue weighted by atomic mass is 9.90. The second-order valence-corrected chi connectivity index (χ2v) is 8.12. The molecular weight excluding hydrogens is 318 g/mol. The van der Waals surface area contributed by atoms with Gasteiger partial charge in [0.2, 0.25) is 5.91 Å². The number of nitro groups is 1. The molecule has 0 spiro atoms. The second kappa shape index (κ2) is 5.31. The van der Waals surface area contributed by atoms with E-state index in [9.17, 15) is 19.7 Å². The first kappa shape index (κ1) is 15.9. The highest BCUT2D eigenvalue weighted by atomic mass is 32.2. The number of benzene rings is 1. The summed E-state index contributed by atoms with van der Waals surface area (Å²) in [4.78, 5) is 36.5. The van der Waals surface area contributed by atoms with Crippen LogP contribution in [0, 0.1) is 10.1 Å². The fourth-order valence-electron chi connectivity index (χ4n) is 3.20. The molecule has 2 heterocycles. The highest BCUT2D eigenvalue weighted by molar-refractivity contribution is 8.01. The van der Waals surface area contributed by atoms with Crippen LogP contribution < -0.4 is 5.73 Å². The molecule has 3 rings (SSSR count). The van der Waals surface area contributed by atoms with E-state index in [1.165, 1.54) is 12.1 Å². The Hall–Kier alpha value is -1.93. The highest BCUT2D eigenvalue weighted by Gasteiger charge is 2.61. The maximum Gasteiger partial charge on any atom is 0.269 e. The minimum absolute atomic E-state index is 0.0121. The van der Waals surface area contributed by atoms with Crippen molar-refractivity contribution >= 4 is 29.1 Å². The van der Waals surface area contributed by atoms with Crippen molar-refractivity contribution in [3.05, 3.63) is 39.9 Å². The molecule has 3 atom stereocenters. The van der Waals surface area contributed by atoms with Gasteiger partial charge in [0.1, 0.15) is 17.5 Å². The van der Waals surface area contributed by atoms with Crippen molar-refractivity contribution in [2.75, 3.05) is 0 Å². The van der Waals surface area contributed by atoms with Gasteiger partial charge in [-0.05, 0) is 19.4 Å². The third kappa shape index (κ3) is 2.51. The van der Waals surface area contributed by atoms with Crippen LogP contribution in [0.25, 0.3) is 0 Å². The average molecular weight is 335 g/mol. The Kier molecular flexibility index (Phi) is 3.68. The van der Waals surface area contributed by atoms with Gasteiger partial charge in [-0.3, -0.25) is 19.7 Å². The zero-order chi connectivity index (χ0) is 16.9. The quantitative estimate of drug-likeness (QED) is 0.501. The Morgan fingerprint density at radius 1 is 1.39 bits per heavy atom. The monoisotopic (exact) mass is 335 g/mol. The van der Waals surface area contributed by atoms with E-state index in [2.05, 4.69) is 0 Å². The van der Waals surface area contributed by atoms with Crippen LogP contribution in [0.5, 0.6) is 0 Å². The Labute approximate surface area is 137 Å². The topological polar surface area (TPSA) is 107 Å². The molecule has 1 aromatic rings. The predicted molar refractivity (Wildman–Crippen MR) is 85.9 cm³/mol. The number of carbonyl (C=O) groups excluding carboxylic acids is 2. The van der Waals surface area contributed by atoms with Gasteiger partial charge in [0, 0.05) is 23.3 Å². The maximum absolute atomic E-state index is 12.7. The number of nitrogens with two attached hydrogens (primary N) is 1. The van der Waals surface area contributed by atoms with Crippen molar-refractivity contribution < 1.29 is 14.5 Å². The van der Waals surface area contributed by atoms with Gasteiger partial charge >= 0.3 is 0 Å². The summed E-state index contributed by atoms with van der Waals surface area (Å²) >= 11 is 1.55. The lowest BCUT2D eigenvalue weighted by Crippen LogP contribution is -2.68. The minimum atomic E-state index is -0.531. The zero-order valence-corrected chi connectivity index (χ0v) is 13.6. The SMILES string of the molecule is CC1(C)SC2C(N)C(=O)N2C1C(=O)Cc1ccc([N+](=O)[O-])cc1. The van der Waals surface area contributed by atoms with Crippen molar-refractivity contribution in [1.29, 1.82) is 0 Å². The average Bonchev–Trinajstić information content (AvgIpc) is 2.76.